The standard InChI is InChI=1S/C17H16Br2O4/c1-21-14-7-10(13(19)9-15(14)22-2)4-5-11-6-12(18)8-16(23-3)17(11)20/h4-9,20H,1-3H3/b5-4-. The van der Waals surface area contributed by atoms with Crippen LogP contribution in [0.3, 0.4) is 0 Å². The van der Waals surface area contributed by atoms with Gasteiger partial charge in [-0.05, 0) is 29.8 Å². The number of halogens is 2. The van der Waals surface area contributed by atoms with Crippen LogP contribution in [0, 0.1) is 0 Å². The summed E-state index contributed by atoms with van der Waals surface area (Å²) >= 11 is 6.90. The Bertz CT molecular complexity index is 742. The van der Waals surface area contributed by atoms with Crippen LogP contribution in [-0.4, -0.2) is 26.4 Å². The van der Waals surface area contributed by atoms with Gasteiger partial charge in [-0.3, -0.25) is 0 Å². The highest BCUT2D eigenvalue weighted by Crippen LogP contribution is 2.37. The fourth-order valence-electron chi connectivity index (χ4n) is 2.05. The first kappa shape index (κ1) is 17.7. The molecule has 0 bridgehead atoms. The quantitative estimate of drug-likeness (QED) is 0.652. The van der Waals surface area contributed by atoms with Crippen LogP contribution >= 0.6 is 31.9 Å². The van der Waals surface area contributed by atoms with Gasteiger partial charge in [-0.2, -0.15) is 0 Å². The van der Waals surface area contributed by atoms with Crippen molar-refractivity contribution in [1.29, 1.82) is 0 Å². The Morgan fingerprint density at radius 1 is 0.783 bits per heavy atom. The highest BCUT2D eigenvalue weighted by Gasteiger charge is 2.10. The van der Waals surface area contributed by atoms with Crippen molar-refractivity contribution in [3.05, 3.63) is 44.3 Å². The average molecular weight is 444 g/mol. The van der Waals surface area contributed by atoms with Gasteiger partial charge in [-0.15, -0.1) is 0 Å². The van der Waals surface area contributed by atoms with E-state index in [2.05, 4.69) is 31.9 Å². The SMILES string of the molecule is COc1cc(Br)c(/C=C\c2cc(Br)cc(OC)c2O)cc1OC. The molecular formula is C17H16Br2O4. The second-order valence-electron chi connectivity index (χ2n) is 4.61. The van der Waals surface area contributed by atoms with E-state index in [0.29, 0.717) is 22.8 Å². The van der Waals surface area contributed by atoms with E-state index in [1.807, 2.05) is 24.3 Å². The summed E-state index contributed by atoms with van der Waals surface area (Å²) in [5, 5.41) is 10.2. The van der Waals surface area contributed by atoms with Crippen LogP contribution in [0.5, 0.6) is 23.0 Å². The second kappa shape index (κ2) is 7.75. The molecule has 2 aromatic rings. The van der Waals surface area contributed by atoms with Gasteiger partial charge in [-0.1, -0.05) is 44.0 Å². The molecule has 0 fully saturated rings. The first-order chi connectivity index (χ1) is 11.0. The van der Waals surface area contributed by atoms with Gasteiger partial charge in [0.2, 0.25) is 0 Å². The summed E-state index contributed by atoms with van der Waals surface area (Å²) in [6.45, 7) is 0. The lowest BCUT2D eigenvalue weighted by atomic mass is 10.1. The van der Waals surface area contributed by atoms with E-state index in [-0.39, 0.29) is 5.75 Å². The van der Waals surface area contributed by atoms with Crippen molar-refractivity contribution in [2.24, 2.45) is 0 Å². The third kappa shape index (κ3) is 4.00. The largest absolute Gasteiger partial charge is 0.504 e. The molecule has 0 atom stereocenters. The van der Waals surface area contributed by atoms with Crippen LogP contribution in [0.25, 0.3) is 12.2 Å². The minimum Gasteiger partial charge on any atom is -0.504 e. The average Bonchev–Trinajstić information content (AvgIpc) is 2.55. The Hall–Kier alpha value is -1.66. The Labute approximate surface area is 151 Å². The lowest BCUT2D eigenvalue weighted by Gasteiger charge is -2.10. The van der Waals surface area contributed by atoms with Crippen LogP contribution < -0.4 is 14.2 Å². The maximum Gasteiger partial charge on any atom is 0.165 e. The number of phenolic OH excluding ortho intramolecular Hbond substituents is 1. The van der Waals surface area contributed by atoms with E-state index >= 15 is 0 Å². The van der Waals surface area contributed by atoms with E-state index in [1.165, 1.54) is 7.11 Å². The van der Waals surface area contributed by atoms with Gasteiger partial charge < -0.3 is 19.3 Å². The van der Waals surface area contributed by atoms with Crippen molar-refractivity contribution in [3.63, 3.8) is 0 Å². The summed E-state index contributed by atoms with van der Waals surface area (Å²) in [6.07, 6.45) is 3.67. The Kier molecular flexibility index (Phi) is 5.96. The summed E-state index contributed by atoms with van der Waals surface area (Å²) in [5.74, 6) is 1.77. The van der Waals surface area contributed by atoms with Crippen LogP contribution in [0.4, 0.5) is 0 Å². The van der Waals surface area contributed by atoms with Crippen molar-refractivity contribution in [3.8, 4) is 23.0 Å². The van der Waals surface area contributed by atoms with Crippen LogP contribution in [0.2, 0.25) is 0 Å². The van der Waals surface area contributed by atoms with Crippen molar-refractivity contribution < 1.29 is 19.3 Å². The first-order valence-corrected chi connectivity index (χ1v) is 8.24. The molecule has 0 saturated heterocycles. The van der Waals surface area contributed by atoms with Gasteiger partial charge in [0.05, 0.1) is 21.3 Å². The molecule has 2 aromatic carbocycles. The van der Waals surface area contributed by atoms with Gasteiger partial charge in [0, 0.05) is 14.5 Å². The minimum absolute atomic E-state index is 0.0866. The van der Waals surface area contributed by atoms with Gasteiger partial charge >= 0.3 is 0 Å². The number of rotatable bonds is 5. The monoisotopic (exact) mass is 442 g/mol. The molecule has 0 heterocycles. The van der Waals surface area contributed by atoms with E-state index in [1.54, 1.807) is 26.4 Å². The number of benzene rings is 2. The Morgan fingerprint density at radius 2 is 1.35 bits per heavy atom. The van der Waals surface area contributed by atoms with Gasteiger partial charge in [-0.25, -0.2) is 0 Å². The van der Waals surface area contributed by atoms with E-state index in [9.17, 15) is 5.11 Å². The highest BCUT2D eigenvalue weighted by molar-refractivity contribution is 9.10. The fraction of sp³-hybridized carbons (Fsp3) is 0.176. The number of ether oxygens (including phenoxy) is 3. The third-order valence-corrected chi connectivity index (χ3v) is 4.38. The molecule has 6 heteroatoms. The number of hydrogen-bond donors (Lipinski definition) is 1. The van der Waals surface area contributed by atoms with E-state index in [0.717, 1.165) is 14.5 Å². The molecule has 122 valence electrons. The Balaban J connectivity index is 2.43. The van der Waals surface area contributed by atoms with Crippen molar-refractivity contribution in [2.45, 2.75) is 0 Å². The smallest absolute Gasteiger partial charge is 0.165 e. The summed E-state index contributed by atoms with van der Waals surface area (Å²) in [6, 6.07) is 7.20. The lowest BCUT2D eigenvalue weighted by Crippen LogP contribution is -1.91. The molecule has 0 amide bonds. The normalized spacial score (nSPS) is 10.8. The first-order valence-electron chi connectivity index (χ1n) is 6.66. The molecule has 23 heavy (non-hydrogen) atoms. The molecule has 0 aromatic heterocycles. The Morgan fingerprint density at radius 3 is 1.96 bits per heavy atom. The molecule has 0 aliphatic rings. The molecule has 0 radical (unpaired) electrons. The zero-order chi connectivity index (χ0) is 17.0. The van der Waals surface area contributed by atoms with Crippen molar-refractivity contribution in [2.75, 3.05) is 21.3 Å². The molecule has 0 aliphatic heterocycles. The lowest BCUT2D eigenvalue weighted by molar-refractivity contribution is 0.354. The maximum atomic E-state index is 10.2. The number of aromatic hydroxyl groups is 1. The van der Waals surface area contributed by atoms with Crippen LogP contribution in [0.1, 0.15) is 11.1 Å². The van der Waals surface area contributed by atoms with E-state index < -0.39 is 0 Å². The summed E-state index contributed by atoms with van der Waals surface area (Å²) in [5.41, 5.74) is 1.53. The second-order valence-corrected chi connectivity index (χ2v) is 6.38. The van der Waals surface area contributed by atoms with E-state index in [4.69, 9.17) is 14.2 Å². The van der Waals surface area contributed by atoms with Crippen LogP contribution in [0.15, 0.2) is 33.2 Å². The molecule has 0 unspecified atom stereocenters. The highest BCUT2D eigenvalue weighted by atomic mass is 79.9. The number of phenols is 1. The fourth-order valence-corrected chi connectivity index (χ4v) is 2.96. The summed E-state index contributed by atoms with van der Waals surface area (Å²) in [4.78, 5) is 0. The van der Waals surface area contributed by atoms with Crippen molar-refractivity contribution >= 4 is 44.0 Å². The zero-order valence-electron chi connectivity index (χ0n) is 12.9. The molecule has 0 spiro atoms. The predicted molar refractivity (Wildman–Crippen MR) is 98.5 cm³/mol. The molecule has 4 nitrogen and oxygen atoms in total. The molecular weight excluding hydrogens is 428 g/mol. The van der Waals surface area contributed by atoms with Gasteiger partial charge in [0.25, 0.3) is 0 Å². The van der Waals surface area contributed by atoms with Crippen molar-refractivity contribution in [1.82, 2.24) is 0 Å². The summed E-state index contributed by atoms with van der Waals surface area (Å²) in [7, 11) is 4.69. The third-order valence-electron chi connectivity index (χ3n) is 3.23. The zero-order valence-corrected chi connectivity index (χ0v) is 16.1. The maximum absolute atomic E-state index is 10.2. The van der Waals surface area contributed by atoms with Gasteiger partial charge in [0.15, 0.2) is 23.0 Å². The topological polar surface area (TPSA) is 47.9 Å². The number of hydrogen-bond acceptors (Lipinski definition) is 4. The van der Waals surface area contributed by atoms with Crippen LogP contribution in [-0.2, 0) is 0 Å². The predicted octanol–water partition coefficient (Wildman–Crippen LogP) is 5.11. The summed E-state index contributed by atoms with van der Waals surface area (Å²) < 4.78 is 17.4. The molecule has 0 saturated carbocycles. The minimum atomic E-state index is 0.0866. The van der Waals surface area contributed by atoms with Gasteiger partial charge in [0.1, 0.15) is 0 Å². The molecule has 2 rings (SSSR count). The number of methoxy groups -OCH3 is 3. The molecule has 0 aliphatic carbocycles. The molecule has 1 N–H and O–H groups in total.